The maximum absolute atomic E-state index is 8.12. The second kappa shape index (κ2) is 9.59. The van der Waals surface area contributed by atoms with Gasteiger partial charge in [-0.3, -0.25) is 0 Å². The van der Waals surface area contributed by atoms with Gasteiger partial charge in [-0.2, -0.15) is 9.59 Å². The van der Waals surface area contributed by atoms with E-state index < -0.39 is 0 Å². The van der Waals surface area contributed by atoms with Crippen LogP contribution in [0.1, 0.15) is 0 Å². The number of rotatable bonds is 4. The fraction of sp³-hybridized carbons (Fsp3) is 0. The molecular weight excluding hydrogens is 406 g/mol. The van der Waals surface area contributed by atoms with E-state index in [4.69, 9.17) is 19.7 Å². The number of para-hydroxylation sites is 1. The molecule has 5 rings (SSSR count). The van der Waals surface area contributed by atoms with Crippen LogP contribution in [0.15, 0.2) is 102 Å². The van der Waals surface area contributed by atoms with E-state index in [1.54, 1.807) is 11.3 Å². The van der Waals surface area contributed by atoms with Gasteiger partial charge in [0.05, 0.1) is 10.6 Å². The van der Waals surface area contributed by atoms with E-state index in [0.29, 0.717) is 0 Å². The molecule has 5 nitrogen and oxygen atoms in total. The van der Waals surface area contributed by atoms with Crippen molar-refractivity contribution in [1.82, 2.24) is 14.8 Å². The molecule has 0 N–H and O–H groups in total. The predicted octanol–water partition coefficient (Wildman–Crippen LogP) is 5.75. The van der Waals surface area contributed by atoms with E-state index in [1.807, 2.05) is 35.0 Å². The Balaban J connectivity index is 0.000000730. The molecular formula is C25H17N3O2S. The van der Waals surface area contributed by atoms with Crippen molar-refractivity contribution in [2.45, 2.75) is 0 Å². The van der Waals surface area contributed by atoms with Crippen LogP contribution in [0, 0.1) is 0 Å². The highest BCUT2D eigenvalue weighted by Crippen LogP contribution is 2.30. The number of aromatic nitrogens is 3. The van der Waals surface area contributed by atoms with E-state index in [0.717, 1.165) is 33.3 Å². The van der Waals surface area contributed by atoms with Crippen LogP contribution in [0.3, 0.4) is 0 Å². The van der Waals surface area contributed by atoms with E-state index in [-0.39, 0.29) is 6.15 Å². The summed E-state index contributed by atoms with van der Waals surface area (Å²) in [6.45, 7) is 0. The highest BCUT2D eigenvalue weighted by atomic mass is 32.1. The molecule has 2 heterocycles. The van der Waals surface area contributed by atoms with Gasteiger partial charge in [-0.15, -0.1) is 16.4 Å². The largest absolute Gasteiger partial charge is 0.373 e. The summed E-state index contributed by atoms with van der Waals surface area (Å²) in [7, 11) is 0. The van der Waals surface area contributed by atoms with Crippen LogP contribution in [0.4, 0.5) is 0 Å². The molecule has 150 valence electrons. The van der Waals surface area contributed by atoms with Gasteiger partial charge in [0.15, 0.2) is 11.6 Å². The topological polar surface area (TPSA) is 64.8 Å². The third-order valence-corrected chi connectivity index (χ3v) is 5.44. The Morgan fingerprint density at radius 2 is 1.35 bits per heavy atom. The molecule has 0 radical (unpaired) electrons. The highest BCUT2D eigenvalue weighted by Gasteiger charge is 2.16. The Kier molecular flexibility index (Phi) is 6.24. The van der Waals surface area contributed by atoms with Gasteiger partial charge in [0.25, 0.3) is 0 Å². The summed E-state index contributed by atoms with van der Waals surface area (Å²) in [5.74, 6) is 1.59. The quantitative estimate of drug-likeness (QED) is 0.369. The van der Waals surface area contributed by atoms with Crippen molar-refractivity contribution in [2.24, 2.45) is 0 Å². The zero-order valence-corrected chi connectivity index (χ0v) is 17.2. The van der Waals surface area contributed by atoms with Crippen LogP contribution in [-0.4, -0.2) is 20.9 Å². The lowest BCUT2D eigenvalue weighted by atomic mass is 10.0. The van der Waals surface area contributed by atoms with Crippen molar-refractivity contribution in [1.29, 1.82) is 0 Å². The Bertz CT molecular complexity index is 1290. The van der Waals surface area contributed by atoms with E-state index in [2.05, 4.69) is 72.1 Å². The van der Waals surface area contributed by atoms with Gasteiger partial charge < -0.3 is 0 Å². The molecule has 2 aromatic heterocycles. The molecule has 3 aromatic carbocycles. The zero-order chi connectivity index (χ0) is 21.5. The van der Waals surface area contributed by atoms with Crippen LogP contribution in [0.2, 0.25) is 0 Å². The van der Waals surface area contributed by atoms with E-state index >= 15 is 0 Å². The number of benzene rings is 3. The van der Waals surface area contributed by atoms with E-state index in [1.165, 1.54) is 5.56 Å². The lowest BCUT2D eigenvalue weighted by molar-refractivity contribution is -0.191. The molecule has 0 amide bonds. The maximum atomic E-state index is 8.12. The molecule has 0 unspecified atom stereocenters. The molecule has 0 aliphatic carbocycles. The van der Waals surface area contributed by atoms with Crippen LogP contribution >= 0.6 is 11.3 Å². The molecule has 6 heteroatoms. The van der Waals surface area contributed by atoms with Crippen molar-refractivity contribution in [2.75, 3.05) is 0 Å². The average Bonchev–Trinajstić information content (AvgIpc) is 3.51. The first-order valence-corrected chi connectivity index (χ1v) is 10.4. The SMILES string of the molecule is O=C=O.c1ccc(-c2cccc(-c3nc(-c4cccs4)n(-c4ccccc4)n3)c2)cc1. The normalized spacial score (nSPS) is 10.1. The lowest BCUT2D eigenvalue weighted by Crippen LogP contribution is -1.98. The highest BCUT2D eigenvalue weighted by molar-refractivity contribution is 7.13. The van der Waals surface area contributed by atoms with Crippen LogP contribution in [0.25, 0.3) is 38.9 Å². The first-order valence-electron chi connectivity index (χ1n) is 9.51. The minimum atomic E-state index is 0.250. The molecule has 0 saturated carbocycles. The van der Waals surface area contributed by atoms with Gasteiger partial charge in [-0.05, 0) is 40.8 Å². The van der Waals surface area contributed by atoms with Gasteiger partial charge in [0.2, 0.25) is 0 Å². The molecule has 0 atom stereocenters. The lowest BCUT2D eigenvalue weighted by Gasteiger charge is -2.04. The standard InChI is InChI=1S/C24H17N3S.CO2/c1-3-9-18(10-4-1)19-11-7-12-20(17-19)23-25-24(22-15-8-16-28-22)27(26-23)21-13-5-2-6-14-21;2-1-3/h1-17H;. The van der Waals surface area contributed by atoms with E-state index in [9.17, 15) is 0 Å². The fourth-order valence-corrected chi connectivity index (χ4v) is 3.92. The van der Waals surface area contributed by atoms with Crippen molar-refractivity contribution >= 4 is 17.5 Å². The van der Waals surface area contributed by atoms with Crippen LogP contribution in [-0.2, 0) is 9.59 Å². The molecule has 5 aromatic rings. The molecule has 31 heavy (non-hydrogen) atoms. The molecule has 0 aliphatic rings. The first kappa shape index (κ1) is 20.2. The summed E-state index contributed by atoms with van der Waals surface area (Å²) in [6, 6.07) is 33.0. The van der Waals surface area contributed by atoms with Crippen molar-refractivity contribution in [3.8, 4) is 38.9 Å². The Hall–Kier alpha value is -4.12. The summed E-state index contributed by atoms with van der Waals surface area (Å²) in [5.41, 5.74) is 4.36. The molecule has 0 aliphatic heterocycles. The fourth-order valence-electron chi connectivity index (χ4n) is 3.22. The van der Waals surface area contributed by atoms with Crippen molar-refractivity contribution < 1.29 is 9.59 Å². The zero-order valence-electron chi connectivity index (χ0n) is 16.4. The smallest absolute Gasteiger partial charge is 0.212 e. The van der Waals surface area contributed by atoms with Gasteiger partial charge in [0, 0.05) is 5.56 Å². The van der Waals surface area contributed by atoms with Crippen LogP contribution in [0.5, 0.6) is 0 Å². The molecule has 0 fully saturated rings. The molecule has 0 bridgehead atoms. The second-order valence-electron chi connectivity index (χ2n) is 6.51. The second-order valence-corrected chi connectivity index (χ2v) is 7.46. The number of nitrogens with zero attached hydrogens (tertiary/aromatic N) is 3. The molecule has 0 spiro atoms. The Labute approximate surface area is 183 Å². The van der Waals surface area contributed by atoms with Gasteiger partial charge in [0.1, 0.15) is 0 Å². The Morgan fingerprint density at radius 3 is 2.03 bits per heavy atom. The minimum Gasteiger partial charge on any atom is -0.212 e. The van der Waals surface area contributed by atoms with Gasteiger partial charge in [-0.1, -0.05) is 72.8 Å². The Morgan fingerprint density at radius 1 is 0.710 bits per heavy atom. The number of hydrogen-bond acceptors (Lipinski definition) is 5. The summed E-state index contributed by atoms with van der Waals surface area (Å²) in [6.07, 6.45) is 0.250. The van der Waals surface area contributed by atoms with Crippen molar-refractivity contribution in [3.63, 3.8) is 0 Å². The third-order valence-electron chi connectivity index (χ3n) is 4.58. The monoisotopic (exact) mass is 423 g/mol. The first-order chi connectivity index (χ1) is 15.3. The summed E-state index contributed by atoms with van der Waals surface area (Å²) in [4.78, 5) is 22.2. The summed E-state index contributed by atoms with van der Waals surface area (Å²) in [5, 5.41) is 6.92. The van der Waals surface area contributed by atoms with Crippen molar-refractivity contribution in [3.05, 3.63) is 102 Å². The maximum Gasteiger partial charge on any atom is 0.373 e. The summed E-state index contributed by atoms with van der Waals surface area (Å²) >= 11 is 1.67. The minimum absolute atomic E-state index is 0.250. The molecule has 0 saturated heterocycles. The van der Waals surface area contributed by atoms with Gasteiger partial charge >= 0.3 is 6.15 Å². The predicted molar refractivity (Wildman–Crippen MR) is 121 cm³/mol. The number of hydrogen-bond donors (Lipinski definition) is 0. The van der Waals surface area contributed by atoms with Gasteiger partial charge in [-0.25, -0.2) is 9.67 Å². The number of carbonyl (C=O) groups excluding carboxylic acids is 2. The van der Waals surface area contributed by atoms with Crippen LogP contribution < -0.4 is 0 Å². The summed E-state index contributed by atoms with van der Waals surface area (Å²) < 4.78 is 1.93. The average molecular weight is 423 g/mol. The number of thiophene rings is 1. The third kappa shape index (κ3) is 4.56.